The molecule has 0 saturated heterocycles. The molecule has 0 heterocycles. The number of carbonyl (C=O) groups is 3. The molecule has 0 bridgehead atoms. The lowest BCUT2D eigenvalue weighted by atomic mass is 10.1. The van der Waals surface area contributed by atoms with Gasteiger partial charge in [-0.15, -0.1) is 0 Å². The van der Waals surface area contributed by atoms with E-state index in [0.29, 0.717) is 23.5 Å². The summed E-state index contributed by atoms with van der Waals surface area (Å²) < 4.78 is 5.31. The molecule has 0 unspecified atom stereocenters. The lowest BCUT2D eigenvalue weighted by Gasteiger charge is -2.09. The molecule has 0 radical (unpaired) electrons. The molecular formula is C20H23N3O4. The Balaban J connectivity index is 1.76. The fourth-order valence-electron chi connectivity index (χ4n) is 2.27. The monoisotopic (exact) mass is 369 g/mol. The summed E-state index contributed by atoms with van der Waals surface area (Å²) in [7, 11) is 0. The second-order valence-corrected chi connectivity index (χ2v) is 5.69. The van der Waals surface area contributed by atoms with Crippen molar-refractivity contribution in [1.29, 1.82) is 0 Å². The number of hydrazine groups is 1. The maximum Gasteiger partial charge on any atom is 0.269 e. The van der Waals surface area contributed by atoms with Gasteiger partial charge in [-0.25, -0.2) is 0 Å². The Morgan fingerprint density at radius 1 is 0.815 bits per heavy atom. The number of aryl methyl sites for hydroxylation is 1. The average molecular weight is 369 g/mol. The quantitative estimate of drug-likeness (QED) is 0.649. The Morgan fingerprint density at radius 3 is 2.00 bits per heavy atom. The van der Waals surface area contributed by atoms with Crippen LogP contribution in [0.2, 0.25) is 0 Å². The lowest BCUT2D eigenvalue weighted by molar-refractivity contribution is -0.120. The highest BCUT2D eigenvalue weighted by Gasteiger charge is 2.10. The minimum atomic E-state index is -0.534. The van der Waals surface area contributed by atoms with Crippen LogP contribution in [0.25, 0.3) is 0 Å². The standard InChI is InChI=1S/C20H23N3O4/c1-3-14-5-7-16(8-6-14)20(26)23-22-18(24)13-21-19(25)15-9-11-17(12-10-15)27-4-2/h5-12H,3-4,13H2,1-2H3,(H,21,25)(H,22,24)(H,23,26). The van der Waals surface area contributed by atoms with Crippen molar-refractivity contribution in [3.63, 3.8) is 0 Å². The predicted molar refractivity (Wildman–Crippen MR) is 101 cm³/mol. The summed E-state index contributed by atoms with van der Waals surface area (Å²) in [6, 6.07) is 13.7. The number of nitrogens with one attached hydrogen (secondary N) is 3. The Labute approximate surface area is 158 Å². The molecule has 0 aliphatic rings. The molecule has 3 amide bonds. The minimum absolute atomic E-state index is 0.263. The van der Waals surface area contributed by atoms with Gasteiger partial charge in [0.2, 0.25) is 0 Å². The van der Waals surface area contributed by atoms with Crippen molar-refractivity contribution >= 4 is 17.7 Å². The van der Waals surface area contributed by atoms with Crippen LogP contribution >= 0.6 is 0 Å². The normalized spacial score (nSPS) is 10.0. The Bertz CT molecular complexity index is 786. The van der Waals surface area contributed by atoms with Crippen molar-refractivity contribution in [1.82, 2.24) is 16.2 Å². The molecule has 27 heavy (non-hydrogen) atoms. The third-order valence-corrected chi connectivity index (χ3v) is 3.78. The topological polar surface area (TPSA) is 96.5 Å². The zero-order chi connectivity index (χ0) is 19.6. The minimum Gasteiger partial charge on any atom is -0.494 e. The van der Waals surface area contributed by atoms with Crippen LogP contribution in [-0.2, 0) is 11.2 Å². The van der Waals surface area contributed by atoms with Crippen molar-refractivity contribution in [3.8, 4) is 5.75 Å². The van der Waals surface area contributed by atoms with Gasteiger partial charge in [-0.05, 0) is 55.3 Å². The Kier molecular flexibility index (Phi) is 7.37. The predicted octanol–water partition coefficient (Wildman–Crippen LogP) is 1.84. The lowest BCUT2D eigenvalue weighted by Crippen LogP contribution is -2.46. The number of hydrogen-bond acceptors (Lipinski definition) is 4. The first-order valence-corrected chi connectivity index (χ1v) is 8.72. The van der Waals surface area contributed by atoms with Crippen molar-refractivity contribution in [2.24, 2.45) is 0 Å². The molecule has 0 spiro atoms. The molecule has 2 aromatic rings. The molecule has 0 atom stereocenters. The maximum atomic E-state index is 12.0. The highest BCUT2D eigenvalue weighted by Crippen LogP contribution is 2.11. The van der Waals surface area contributed by atoms with Crippen LogP contribution in [0.1, 0.15) is 40.1 Å². The van der Waals surface area contributed by atoms with Crippen molar-refractivity contribution in [3.05, 3.63) is 65.2 Å². The molecule has 2 rings (SSSR count). The molecule has 7 nitrogen and oxygen atoms in total. The Morgan fingerprint density at radius 2 is 1.41 bits per heavy atom. The zero-order valence-electron chi connectivity index (χ0n) is 15.4. The average Bonchev–Trinajstić information content (AvgIpc) is 2.71. The molecule has 0 saturated carbocycles. The van der Waals surface area contributed by atoms with Gasteiger partial charge in [-0.3, -0.25) is 25.2 Å². The first-order valence-electron chi connectivity index (χ1n) is 8.72. The maximum absolute atomic E-state index is 12.0. The summed E-state index contributed by atoms with van der Waals surface area (Å²) in [5, 5.41) is 2.49. The molecule has 142 valence electrons. The molecule has 2 aromatic carbocycles. The SMILES string of the molecule is CCOc1ccc(C(=O)NCC(=O)NNC(=O)c2ccc(CC)cc2)cc1. The van der Waals surface area contributed by atoms with Crippen LogP contribution in [0.15, 0.2) is 48.5 Å². The van der Waals surface area contributed by atoms with Gasteiger partial charge in [0.15, 0.2) is 0 Å². The summed E-state index contributed by atoms with van der Waals surface area (Å²) in [4.78, 5) is 35.8. The first-order chi connectivity index (χ1) is 13.0. The van der Waals surface area contributed by atoms with Gasteiger partial charge in [-0.1, -0.05) is 19.1 Å². The second-order valence-electron chi connectivity index (χ2n) is 5.69. The molecule has 0 aliphatic heterocycles. The second kappa shape index (κ2) is 9.96. The van der Waals surface area contributed by atoms with Gasteiger partial charge in [0.1, 0.15) is 5.75 Å². The number of ether oxygens (including phenoxy) is 1. The summed E-state index contributed by atoms with van der Waals surface area (Å²) in [5.74, 6) is -0.687. The number of carbonyl (C=O) groups excluding carboxylic acids is 3. The molecule has 0 aromatic heterocycles. The van der Waals surface area contributed by atoms with Gasteiger partial charge in [0.25, 0.3) is 17.7 Å². The van der Waals surface area contributed by atoms with E-state index in [-0.39, 0.29) is 6.54 Å². The molecule has 7 heteroatoms. The van der Waals surface area contributed by atoms with Gasteiger partial charge in [-0.2, -0.15) is 0 Å². The van der Waals surface area contributed by atoms with Gasteiger partial charge in [0.05, 0.1) is 13.2 Å². The first kappa shape index (κ1) is 20.0. The van der Waals surface area contributed by atoms with Crippen LogP contribution in [0.5, 0.6) is 5.75 Å². The van der Waals surface area contributed by atoms with Crippen molar-refractivity contribution in [2.75, 3.05) is 13.2 Å². The van der Waals surface area contributed by atoms with Crippen molar-refractivity contribution in [2.45, 2.75) is 20.3 Å². The third-order valence-electron chi connectivity index (χ3n) is 3.78. The summed E-state index contributed by atoms with van der Waals surface area (Å²) in [6.07, 6.45) is 0.882. The largest absolute Gasteiger partial charge is 0.494 e. The van der Waals surface area contributed by atoms with Crippen LogP contribution < -0.4 is 20.9 Å². The van der Waals surface area contributed by atoms with E-state index in [4.69, 9.17) is 4.74 Å². The van der Waals surface area contributed by atoms with E-state index in [1.54, 1.807) is 36.4 Å². The van der Waals surface area contributed by atoms with Gasteiger partial charge < -0.3 is 10.1 Å². The number of amides is 3. The van der Waals surface area contributed by atoms with Crippen LogP contribution in [0, 0.1) is 0 Å². The van der Waals surface area contributed by atoms with E-state index < -0.39 is 17.7 Å². The van der Waals surface area contributed by atoms with Crippen LogP contribution in [0.3, 0.4) is 0 Å². The van der Waals surface area contributed by atoms with Crippen molar-refractivity contribution < 1.29 is 19.1 Å². The molecule has 0 aliphatic carbocycles. The van der Waals surface area contributed by atoms with E-state index in [1.165, 1.54) is 0 Å². The van der Waals surface area contributed by atoms with E-state index in [0.717, 1.165) is 12.0 Å². The molecule has 3 N–H and O–H groups in total. The van der Waals surface area contributed by atoms with Crippen LogP contribution in [-0.4, -0.2) is 30.9 Å². The fourth-order valence-corrected chi connectivity index (χ4v) is 2.27. The van der Waals surface area contributed by atoms with Crippen LogP contribution in [0.4, 0.5) is 0 Å². The highest BCUT2D eigenvalue weighted by molar-refractivity contribution is 5.98. The third kappa shape index (κ3) is 6.14. The summed E-state index contributed by atoms with van der Waals surface area (Å²) in [5.41, 5.74) is 6.55. The molecular weight excluding hydrogens is 346 g/mol. The van der Waals surface area contributed by atoms with E-state index in [1.807, 2.05) is 26.0 Å². The van der Waals surface area contributed by atoms with E-state index in [9.17, 15) is 14.4 Å². The van der Waals surface area contributed by atoms with E-state index >= 15 is 0 Å². The highest BCUT2D eigenvalue weighted by atomic mass is 16.5. The zero-order valence-corrected chi connectivity index (χ0v) is 15.4. The smallest absolute Gasteiger partial charge is 0.269 e. The van der Waals surface area contributed by atoms with E-state index in [2.05, 4.69) is 16.2 Å². The number of hydrogen-bond donors (Lipinski definition) is 3. The number of benzene rings is 2. The number of rotatable bonds is 7. The van der Waals surface area contributed by atoms with Gasteiger partial charge in [0, 0.05) is 11.1 Å². The Hall–Kier alpha value is -3.35. The van der Waals surface area contributed by atoms with Gasteiger partial charge >= 0.3 is 0 Å². The fraction of sp³-hybridized carbons (Fsp3) is 0.250. The molecule has 0 fully saturated rings. The summed E-state index contributed by atoms with van der Waals surface area (Å²) in [6.45, 7) is 4.18. The summed E-state index contributed by atoms with van der Waals surface area (Å²) >= 11 is 0.